The zero-order chi connectivity index (χ0) is 11.7. The van der Waals surface area contributed by atoms with Gasteiger partial charge in [-0.3, -0.25) is 4.79 Å². The van der Waals surface area contributed by atoms with E-state index in [1.54, 1.807) is 19.0 Å². The number of nitrogens with one attached hydrogen (secondary N) is 1. The summed E-state index contributed by atoms with van der Waals surface area (Å²) in [6.07, 6.45) is 7.36. The molecule has 2 aliphatic carbocycles. The number of rotatable bonds is 4. The molecular weight excluding hydrogens is 200 g/mol. The van der Waals surface area contributed by atoms with E-state index >= 15 is 0 Å². The number of nitrogens with zero attached hydrogens (tertiary/aromatic N) is 1. The lowest BCUT2D eigenvalue weighted by molar-refractivity contribution is -0.130. The van der Waals surface area contributed by atoms with Crippen LogP contribution < -0.4 is 5.32 Å². The molecule has 0 aromatic carbocycles. The number of carbonyl (C=O) groups is 1. The minimum absolute atomic E-state index is 0.0573. The number of fused-ring (bicyclic) bond motifs is 2. The van der Waals surface area contributed by atoms with Gasteiger partial charge in [-0.1, -0.05) is 12.2 Å². The largest absolute Gasteiger partial charge is 0.347 e. The van der Waals surface area contributed by atoms with Crippen LogP contribution in [0.5, 0.6) is 0 Å². The summed E-state index contributed by atoms with van der Waals surface area (Å²) in [5.74, 6) is 2.49. The quantitative estimate of drug-likeness (QED) is 0.726. The Balaban J connectivity index is 1.76. The summed E-state index contributed by atoms with van der Waals surface area (Å²) in [7, 11) is 3.61. The molecule has 0 aliphatic heterocycles. The molecule has 0 spiro atoms. The summed E-state index contributed by atoms with van der Waals surface area (Å²) < 4.78 is 0. The molecule has 3 nitrogen and oxygen atoms in total. The molecule has 0 aromatic heterocycles. The highest BCUT2D eigenvalue weighted by Crippen LogP contribution is 2.42. The molecule has 2 bridgehead atoms. The van der Waals surface area contributed by atoms with Crippen molar-refractivity contribution in [1.29, 1.82) is 0 Å². The maximum atomic E-state index is 11.7. The molecular formula is C13H22N2O. The zero-order valence-corrected chi connectivity index (χ0v) is 10.4. The number of carbonyl (C=O) groups excluding carboxylic acids is 1. The Morgan fingerprint density at radius 3 is 2.69 bits per heavy atom. The molecule has 0 aromatic rings. The second-order valence-electron chi connectivity index (χ2n) is 5.40. The van der Waals surface area contributed by atoms with E-state index in [9.17, 15) is 4.79 Å². The van der Waals surface area contributed by atoms with Crippen molar-refractivity contribution in [3.05, 3.63) is 12.2 Å². The lowest BCUT2D eigenvalue weighted by atomic mass is 9.93. The Labute approximate surface area is 97.9 Å². The molecule has 3 heteroatoms. The fraction of sp³-hybridized carbons (Fsp3) is 0.769. The molecule has 1 amide bonds. The average molecular weight is 222 g/mol. The van der Waals surface area contributed by atoms with Crippen LogP contribution in [0.15, 0.2) is 12.2 Å². The highest BCUT2D eigenvalue weighted by Gasteiger charge is 2.35. The number of allylic oxidation sites excluding steroid dienone is 2. The fourth-order valence-corrected chi connectivity index (χ4v) is 2.93. The second kappa shape index (κ2) is 4.58. The van der Waals surface area contributed by atoms with Crippen LogP contribution in [0.2, 0.25) is 0 Å². The van der Waals surface area contributed by atoms with Crippen molar-refractivity contribution in [3.8, 4) is 0 Å². The highest BCUT2D eigenvalue weighted by atomic mass is 16.2. The standard InChI is InChI=1S/C13H22N2O/c1-9(13(16)15(2)3)14-8-12-7-10-4-5-11(12)6-10/h4-5,9-12,14H,6-8H2,1-3H3/t9-,10?,11?,12?/m1/s1. The Hall–Kier alpha value is -0.830. The van der Waals surface area contributed by atoms with Gasteiger partial charge >= 0.3 is 0 Å². The van der Waals surface area contributed by atoms with E-state index in [2.05, 4.69) is 17.5 Å². The molecule has 90 valence electrons. The van der Waals surface area contributed by atoms with Gasteiger partial charge in [-0.05, 0) is 44.1 Å². The van der Waals surface area contributed by atoms with Gasteiger partial charge in [-0.15, -0.1) is 0 Å². The Morgan fingerprint density at radius 2 is 2.19 bits per heavy atom. The predicted octanol–water partition coefficient (Wildman–Crippen LogP) is 1.26. The zero-order valence-electron chi connectivity index (χ0n) is 10.4. The molecule has 4 atom stereocenters. The van der Waals surface area contributed by atoms with Crippen molar-refractivity contribution >= 4 is 5.91 Å². The topological polar surface area (TPSA) is 32.3 Å². The molecule has 0 saturated heterocycles. The van der Waals surface area contributed by atoms with Crippen LogP contribution in [0.4, 0.5) is 0 Å². The molecule has 16 heavy (non-hydrogen) atoms. The van der Waals surface area contributed by atoms with Crippen LogP contribution in [-0.2, 0) is 4.79 Å². The van der Waals surface area contributed by atoms with Crippen molar-refractivity contribution in [2.75, 3.05) is 20.6 Å². The van der Waals surface area contributed by atoms with Crippen LogP contribution in [0.25, 0.3) is 0 Å². The van der Waals surface area contributed by atoms with Crippen LogP contribution in [0, 0.1) is 17.8 Å². The normalized spacial score (nSPS) is 33.1. The number of hydrogen-bond donors (Lipinski definition) is 1. The van der Waals surface area contributed by atoms with Gasteiger partial charge in [0.15, 0.2) is 0 Å². The first-order chi connectivity index (χ1) is 7.58. The SMILES string of the molecule is C[C@@H](NCC1CC2C=CC1C2)C(=O)N(C)C. The summed E-state index contributed by atoms with van der Waals surface area (Å²) in [6.45, 7) is 2.93. The summed E-state index contributed by atoms with van der Waals surface area (Å²) in [4.78, 5) is 13.3. The lowest BCUT2D eigenvalue weighted by Gasteiger charge is -2.23. The Morgan fingerprint density at radius 1 is 1.44 bits per heavy atom. The Kier molecular flexibility index (Phi) is 3.33. The van der Waals surface area contributed by atoms with Gasteiger partial charge in [-0.25, -0.2) is 0 Å². The molecule has 0 radical (unpaired) electrons. The third-order valence-electron chi connectivity index (χ3n) is 3.91. The van der Waals surface area contributed by atoms with Crippen molar-refractivity contribution < 1.29 is 4.79 Å². The van der Waals surface area contributed by atoms with Gasteiger partial charge in [0.1, 0.15) is 0 Å². The summed E-state index contributed by atoms with van der Waals surface area (Å²) in [5.41, 5.74) is 0. The van der Waals surface area contributed by atoms with Crippen LogP contribution in [0.3, 0.4) is 0 Å². The van der Waals surface area contributed by atoms with E-state index in [1.165, 1.54) is 12.8 Å². The summed E-state index contributed by atoms with van der Waals surface area (Å²) in [6, 6.07) is -0.0573. The van der Waals surface area contributed by atoms with Gasteiger partial charge in [0, 0.05) is 14.1 Å². The van der Waals surface area contributed by atoms with Crippen LogP contribution in [0.1, 0.15) is 19.8 Å². The van der Waals surface area contributed by atoms with Gasteiger partial charge in [0.05, 0.1) is 6.04 Å². The monoisotopic (exact) mass is 222 g/mol. The molecule has 1 saturated carbocycles. The van der Waals surface area contributed by atoms with Gasteiger partial charge in [0.2, 0.25) is 5.91 Å². The minimum atomic E-state index is -0.0573. The highest BCUT2D eigenvalue weighted by molar-refractivity contribution is 5.80. The predicted molar refractivity (Wildman–Crippen MR) is 65.0 cm³/mol. The summed E-state index contributed by atoms with van der Waals surface area (Å²) in [5, 5.41) is 3.37. The molecule has 2 aliphatic rings. The van der Waals surface area contributed by atoms with Gasteiger partial charge in [0.25, 0.3) is 0 Å². The van der Waals surface area contributed by atoms with Crippen molar-refractivity contribution in [2.45, 2.75) is 25.8 Å². The lowest BCUT2D eigenvalue weighted by Crippen LogP contribution is -2.43. The maximum absolute atomic E-state index is 11.7. The fourth-order valence-electron chi connectivity index (χ4n) is 2.93. The van der Waals surface area contributed by atoms with Crippen molar-refractivity contribution in [1.82, 2.24) is 10.2 Å². The van der Waals surface area contributed by atoms with Gasteiger partial charge in [-0.2, -0.15) is 0 Å². The van der Waals surface area contributed by atoms with Gasteiger partial charge < -0.3 is 10.2 Å². The molecule has 0 heterocycles. The number of amides is 1. The van der Waals surface area contributed by atoms with Crippen LogP contribution in [-0.4, -0.2) is 37.5 Å². The van der Waals surface area contributed by atoms with E-state index in [-0.39, 0.29) is 11.9 Å². The third-order valence-corrected chi connectivity index (χ3v) is 3.91. The Bertz CT molecular complexity index is 298. The van der Waals surface area contributed by atoms with Crippen molar-refractivity contribution in [3.63, 3.8) is 0 Å². The second-order valence-corrected chi connectivity index (χ2v) is 5.40. The first-order valence-corrected chi connectivity index (χ1v) is 6.20. The number of hydrogen-bond acceptors (Lipinski definition) is 2. The molecule has 1 N–H and O–H groups in total. The van der Waals surface area contributed by atoms with Crippen molar-refractivity contribution in [2.24, 2.45) is 17.8 Å². The maximum Gasteiger partial charge on any atom is 0.238 e. The van der Waals surface area contributed by atoms with E-state index in [0.29, 0.717) is 0 Å². The summed E-state index contributed by atoms with van der Waals surface area (Å²) >= 11 is 0. The first-order valence-electron chi connectivity index (χ1n) is 6.20. The number of likely N-dealkylation sites (N-methyl/N-ethyl adjacent to an activating group) is 1. The molecule has 3 unspecified atom stereocenters. The molecule has 1 fully saturated rings. The van der Waals surface area contributed by atoms with E-state index in [1.807, 2.05) is 6.92 Å². The van der Waals surface area contributed by atoms with E-state index in [4.69, 9.17) is 0 Å². The van der Waals surface area contributed by atoms with E-state index < -0.39 is 0 Å². The molecule has 2 rings (SSSR count). The van der Waals surface area contributed by atoms with Crippen LogP contribution >= 0.6 is 0 Å². The third kappa shape index (κ3) is 2.29. The smallest absolute Gasteiger partial charge is 0.238 e. The first kappa shape index (κ1) is 11.6. The van der Waals surface area contributed by atoms with E-state index in [0.717, 1.165) is 24.3 Å². The average Bonchev–Trinajstić information content (AvgIpc) is 2.86. The minimum Gasteiger partial charge on any atom is -0.347 e.